The van der Waals surface area contributed by atoms with Crippen LogP contribution < -0.4 is 9.64 Å². The largest absolute Gasteiger partial charge is 0.495 e. The highest BCUT2D eigenvalue weighted by molar-refractivity contribution is 7.99. The highest BCUT2D eigenvalue weighted by Crippen LogP contribution is 2.28. The summed E-state index contributed by atoms with van der Waals surface area (Å²) in [7, 11) is -1.91. The molecule has 10 heteroatoms. The predicted octanol–water partition coefficient (Wildman–Crippen LogP) is 1.72. The lowest BCUT2D eigenvalue weighted by molar-refractivity contribution is 0.0741. The molecule has 2 saturated heterocycles. The first-order valence-corrected chi connectivity index (χ1v) is 12.5. The summed E-state index contributed by atoms with van der Waals surface area (Å²) in [5.41, 5.74) is 1.32. The maximum Gasteiger partial charge on any atom is 0.270 e. The number of methoxy groups -OCH3 is 1. The number of hydrogen-bond acceptors (Lipinski definition) is 6. The molecule has 30 heavy (non-hydrogen) atoms. The SMILES string of the molecule is COc1ccccc1N1CCN(C(=O)c2cc(S(=O)(=O)N3CCSCC3)c[nH]2)CC1. The Morgan fingerprint density at radius 2 is 1.77 bits per heavy atom. The van der Waals surface area contributed by atoms with Gasteiger partial charge in [-0.05, 0) is 18.2 Å². The van der Waals surface area contributed by atoms with Crippen LogP contribution in [0.1, 0.15) is 10.5 Å². The van der Waals surface area contributed by atoms with Crippen LogP contribution in [0.25, 0.3) is 0 Å². The molecule has 1 aromatic heterocycles. The molecule has 2 aliphatic rings. The molecular formula is C20H26N4O4S2. The average molecular weight is 451 g/mol. The molecule has 0 aliphatic carbocycles. The maximum absolute atomic E-state index is 12.9. The van der Waals surface area contributed by atoms with Gasteiger partial charge in [0.05, 0.1) is 12.8 Å². The van der Waals surface area contributed by atoms with Crippen LogP contribution in [0.2, 0.25) is 0 Å². The normalized spacial score (nSPS) is 18.4. The van der Waals surface area contributed by atoms with E-state index in [1.807, 2.05) is 24.3 Å². The Hall–Kier alpha value is -2.17. The van der Waals surface area contributed by atoms with Crippen molar-refractivity contribution >= 4 is 33.4 Å². The number of benzene rings is 1. The topological polar surface area (TPSA) is 85.9 Å². The van der Waals surface area contributed by atoms with Gasteiger partial charge in [-0.15, -0.1) is 0 Å². The number of aromatic nitrogens is 1. The zero-order valence-electron chi connectivity index (χ0n) is 16.9. The predicted molar refractivity (Wildman–Crippen MR) is 118 cm³/mol. The van der Waals surface area contributed by atoms with E-state index in [0.717, 1.165) is 22.9 Å². The number of nitrogens with zero attached hydrogens (tertiary/aromatic N) is 3. The van der Waals surface area contributed by atoms with Crippen LogP contribution in [-0.2, 0) is 10.0 Å². The van der Waals surface area contributed by atoms with E-state index in [2.05, 4.69) is 9.88 Å². The fraction of sp³-hybridized carbons (Fsp3) is 0.450. The molecule has 8 nitrogen and oxygen atoms in total. The number of nitrogens with one attached hydrogen (secondary N) is 1. The van der Waals surface area contributed by atoms with Crippen LogP contribution in [0.4, 0.5) is 5.69 Å². The van der Waals surface area contributed by atoms with E-state index in [-0.39, 0.29) is 10.8 Å². The van der Waals surface area contributed by atoms with Gasteiger partial charge < -0.3 is 19.5 Å². The van der Waals surface area contributed by atoms with Gasteiger partial charge in [0.15, 0.2) is 0 Å². The summed E-state index contributed by atoms with van der Waals surface area (Å²) in [6.45, 7) is 3.49. The standard InChI is InChI=1S/C20H26N4O4S2/c1-28-19-5-3-2-4-18(19)22-6-8-23(9-7-22)20(25)17-14-16(15-21-17)30(26,27)24-10-12-29-13-11-24/h2-5,14-15,21H,6-13H2,1H3. The van der Waals surface area contributed by atoms with E-state index >= 15 is 0 Å². The number of aromatic amines is 1. The molecule has 2 aliphatic heterocycles. The Labute approximate surface area is 181 Å². The van der Waals surface area contributed by atoms with Gasteiger partial charge in [0, 0.05) is 57.0 Å². The third-order valence-electron chi connectivity index (χ3n) is 5.49. The first-order valence-electron chi connectivity index (χ1n) is 9.94. The van der Waals surface area contributed by atoms with E-state index in [4.69, 9.17) is 4.74 Å². The number of amides is 1. The van der Waals surface area contributed by atoms with Gasteiger partial charge in [-0.3, -0.25) is 4.79 Å². The summed E-state index contributed by atoms with van der Waals surface area (Å²) in [6.07, 6.45) is 1.43. The number of rotatable bonds is 5. The molecule has 0 radical (unpaired) electrons. The van der Waals surface area contributed by atoms with Crippen LogP contribution in [0, 0.1) is 0 Å². The van der Waals surface area contributed by atoms with E-state index in [9.17, 15) is 13.2 Å². The lowest BCUT2D eigenvalue weighted by atomic mass is 10.2. The molecule has 0 spiro atoms. The summed E-state index contributed by atoms with van der Waals surface area (Å²) < 4.78 is 32.6. The zero-order valence-corrected chi connectivity index (χ0v) is 18.5. The van der Waals surface area contributed by atoms with E-state index < -0.39 is 10.0 Å². The molecular weight excluding hydrogens is 424 g/mol. The lowest BCUT2D eigenvalue weighted by Gasteiger charge is -2.36. The highest BCUT2D eigenvalue weighted by Gasteiger charge is 2.29. The van der Waals surface area contributed by atoms with Gasteiger partial charge in [-0.1, -0.05) is 12.1 Å². The van der Waals surface area contributed by atoms with E-state index in [1.54, 1.807) is 23.8 Å². The Bertz CT molecular complexity index is 994. The number of carbonyl (C=O) groups excluding carboxylic acids is 1. The molecule has 0 bridgehead atoms. The molecule has 1 amide bonds. The lowest BCUT2D eigenvalue weighted by Crippen LogP contribution is -2.49. The van der Waals surface area contributed by atoms with Gasteiger partial charge in [0.25, 0.3) is 5.91 Å². The summed E-state index contributed by atoms with van der Waals surface area (Å²) in [5.74, 6) is 2.23. The monoisotopic (exact) mass is 450 g/mol. The maximum atomic E-state index is 12.9. The number of thioether (sulfide) groups is 1. The Kier molecular flexibility index (Phi) is 6.26. The van der Waals surface area contributed by atoms with Crippen molar-refractivity contribution in [1.29, 1.82) is 0 Å². The quantitative estimate of drug-likeness (QED) is 0.747. The van der Waals surface area contributed by atoms with Crippen LogP contribution in [0.3, 0.4) is 0 Å². The van der Waals surface area contributed by atoms with Gasteiger partial charge in [0.1, 0.15) is 16.3 Å². The number of carbonyl (C=O) groups is 1. The van der Waals surface area contributed by atoms with Crippen LogP contribution in [-0.4, -0.2) is 86.4 Å². The second kappa shape index (κ2) is 8.91. The average Bonchev–Trinajstić information content (AvgIpc) is 3.30. The van der Waals surface area contributed by atoms with Crippen molar-refractivity contribution in [3.8, 4) is 5.75 Å². The van der Waals surface area contributed by atoms with Crippen molar-refractivity contribution in [2.75, 3.05) is 62.8 Å². The van der Waals surface area contributed by atoms with Crippen molar-refractivity contribution in [3.05, 3.63) is 42.2 Å². The van der Waals surface area contributed by atoms with Gasteiger partial charge in [0.2, 0.25) is 10.0 Å². The van der Waals surface area contributed by atoms with E-state index in [1.165, 1.54) is 16.6 Å². The van der Waals surface area contributed by atoms with Crippen LogP contribution in [0.5, 0.6) is 5.75 Å². The van der Waals surface area contributed by atoms with Crippen molar-refractivity contribution in [2.24, 2.45) is 0 Å². The molecule has 2 fully saturated rings. The van der Waals surface area contributed by atoms with Crippen molar-refractivity contribution in [2.45, 2.75) is 4.90 Å². The molecule has 1 aromatic carbocycles. The number of H-pyrrole nitrogens is 1. The number of para-hydroxylation sites is 2. The van der Waals surface area contributed by atoms with Crippen molar-refractivity contribution in [1.82, 2.24) is 14.2 Å². The minimum Gasteiger partial charge on any atom is -0.495 e. The fourth-order valence-corrected chi connectivity index (χ4v) is 6.37. The van der Waals surface area contributed by atoms with Crippen molar-refractivity contribution < 1.29 is 17.9 Å². The summed E-state index contributed by atoms with van der Waals surface area (Å²) in [5, 5.41) is 0. The Morgan fingerprint density at radius 1 is 1.07 bits per heavy atom. The molecule has 0 atom stereocenters. The Morgan fingerprint density at radius 3 is 2.47 bits per heavy atom. The number of hydrogen-bond donors (Lipinski definition) is 1. The van der Waals surface area contributed by atoms with Crippen molar-refractivity contribution in [3.63, 3.8) is 0 Å². The molecule has 162 valence electrons. The summed E-state index contributed by atoms with van der Waals surface area (Å²) in [4.78, 5) is 19.9. The number of piperazine rings is 1. The van der Waals surface area contributed by atoms with Crippen LogP contribution >= 0.6 is 11.8 Å². The molecule has 2 aromatic rings. The first kappa shape index (κ1) is 21.1. The highest BCUT2D eigenvalue weighted by atomic mass is 32.2. The molecule has 0 unspecified atom stereocenters. The summed E-state index contributed by atoms with van der Waals surface area (Å²) >= 11 is 1.75. The third kappa shape index (κ3) is 4.17. The van der Waals surface area contributed by atoms with Crippen LogP contribution in [0.15, 0.2) is 41.4 Å². The van der Waals surface area contributed by atoms with Gasteiger partial charge in [-0.25, -0.2) is 8.42 Å². The molecule has 4 rings (SSSR count). The van der Waals surface area contributed by atoms with Gasteiger partial charge in [-0.2, -0.15) is 16.1 Å². The van der Waals surface area contributed by atoms with E-state index in [0.29, 0.717) is 45.0 Å². The summed E-state index contributed by atoms with van der Waals surface area (Å²) in [6, 6.07) is 9.30. The minimum atomic E-state index is -3.56. The van der Waals surface area contributed by atoms with Gasteiger partial charge >= 0.3 is 0 Å². The number of anilines is 1. The second-order valence-electron chi connectivity index (χ2n) is 7.22. The molecule has 1 N–H and O–H groups in total. The zero-order chi connectivity index (χ0) is 21.1. The smallest absolute Gasteiger partial charge is 0.270 e. The number of ether oxygens (including phenoxy) is 1. The third-order valence-corrected chi connectivity index (χ3v) is 8.31. The first-order chi connectivity index (χ1) is 14.5. The minimum absolute atomic E-state index is 0.158. The molecule has 3 heterocycles. The molecule has 0 saturated carbocycles. The number of sulfonamides is 1. The second-order valence-corrected chi connectivity index (χ2v) is 10.4. The Balaban J connectivity index is 1.41. The fourth-order valence-electron chi connectivity index (χ4n) is 3.79.